The number of hydrogen-bond acceptors (Lipinski definition) is 4. The number of alkyl halides is 2. The van der Waals surface area contributed by atoms with Crippen LogP contribution in [0.4, 0.5) is 20.2 Å². The van der Waals surface area contributed by atoms with Crippen LogP contribution in [0, 0.1) is 5.92 Å². The van der Waals surface area contributed by atoms with Crippen molar-refractivity contribution in [2.45, 2.75) is 20.0 Å². The summed E-state index contributed by atoms with van der Waals surface area (Å²) in [6.07, 6.45) is -3.95. The standard InChI is InChI=1S/C14H19F2N2O3P/c1-8(2)7-17-9-5-6-10(22(3,4)20)11-12(9)21-14(15,16)13(19)18-11/h5-6,8,17H,7H2,1-4H3,(H,18,19). The van der Waals surface area contributed by atoms with E-state index in [9.17, 15) is 18.1 Å². The third-order valence-corrected chi connectivity index (χ3v) is 4.68. The van der Waals surface area contributed by atoms with Gasteiger partial charge in [-0.05, 0) is 31.4 Å². The van der Waals surface area contributed by atoms with Crippen LogP contribution in [0.1, 0.15) is 13.8 Å². The molecule has 0 atom stereocenters. The molecule has 22 heavy (non-hydrogen) atoms. The maximum absolute atomic E-state index is 13.6. The summed E-state index contributed by atoms with van der Waals surface area (Å²) >= 11 is 0. The molecule has 8 heteroatoms. The number of anilines is 2. The van der Waals surface area contributed by atoms with Gasteiger partial charge < -0.3 is 19.9 Å². The number of benzene rings is 1. The lowest BCUT2D eigenvalue weighted by molar-refractivity contribution is -0.189. The Morgan fingerprint density at radius 3 is 2.55 bits per heavy atom. The monoisotopic (exact) mass is 332 g/mol. The van der Waals surface area contributed by atoms with Gasteiger partial charge in [-0.15, -0.1) is 0 Å². The van der Waals surface area contributed by atoms with E-state index in [1.807, 2.05) is 13.8 Å². The van der Waals surface area contributed by atoms with Crippen molar-refractivity contribution in [3.8, 4) is 5.75 Å². The molecule has 1 aliphatic heterocycles. The molecule has 5 nitrogen and oxygen atoms in total. The van der Waals surface area contributed by atoms with Crippen molar-refractivity contribution in [3.63, 3.8) is 0 Å². The average Bonchev–Trinajstić information content (AvgIpc) is 2.35. The van der Waals surface area contributed by atoms with E-state index in [0.29, 0.717) is 17.5 Å². The molecule has 0 saturated carbocycles. The summed E-state index contributed by atoms with van der Waals surface area (Å²) in [4.78, 5) is 11.4. The number of halogens is 2. The van der Waals surface area contributed by atoms with Gasteiger partial charge in [0.15, 0.2) is 5.75 Å². The van der Waals surface area contributed by atoms with Crippen molar-refractivity contribution in [3.05, 3.63) is 12.1 Å². The number of ether oxygens (including phenoxy) is 1. The van der Waals surface area contributed by atoms with Gasteiger partial charge in [-0.3, -0.25) is 4.79 Å². The van der Waals surface area contributed by atoms with E-state index in [-0.39, 0.29) is 17.4 Å². The molecule has 2 N–H and O–H groups in total. The van der Waals surface area contributed by atoms with E-state index in [2.05, 4.69) is 15.4 Å². The Labute approximate surface area is 127 Å². The van der Waals surface area contributed by atoms with Gasteiger partial charge in [-0.2, -0.15) is 8.78 Å². The summed E-state index contributed by atoms with van der Waals surface area (Å²) in [7, 11) is -2.77. The first-order valence-electron chi connectivity index (χ1n) is 6.87. The van der Waals surface area contributed by atoms with E-state index in [1.165, 1.54) is 13.3 Å². The second-order valence-corrected chi connectivity index (χ2v) is 9.22. The lowest BCUT2D eigenvalue weighted by Gasteiger charge is -2.29. The van der Waals surface area contributed by atoms with Crippen molar-refractivity contribution < 1.29 is 22.9 Å². The fourth-order valence-corrected chi connectivity index (χ4v) is 3.19. The zero-order valence-corrected chi connectivity index (χ0v) is 13.8. The third kappa shape index (κ3) is 3.24. The van der Waals surface area contributed by atoms with Crippen LogP contribution in [-0.2, 0) is 9.36 Å². The zero-order chi connectivity index (χ0) is 16.7. The Kier molecular flexibility index (Phi) is 4.22. The van der Waals surface area contributed by atoms with E-state index in [0.717, 1.165) is 0 Å². The highest BCUT2D eigenvalue weighted by Crippen LogP contribution is 2.47. The highest BCUT2D eigenvalue weighted by molar-refractivity contribution is 7.70. The van der Waals surface area contributed by atoms with E-state index < -0.39 is 19.2 Å². The maximum Gasteiger partial charge on any atom is 0.482 e. The summed E-state index contributed by atoms with van der Waals surface area (Å²) in [6, 6.07) is 3.11. The fourth-order valence-electron chi connectivity index (χ4n) is 2.06. The molecule has 0 spiro atoms. The number of rotatable bonds is 4. The van der Waals surface area contributed by atoms with Crippen molar-refractivity contribution >= 4 is 29.7 Å². The van der Waals surface area contributed by atoms with Crippen LogP contribution < -0.4 is 20.7 Å². The normalized spacial score (nSPS) is 16.8. The molecule has 1 heterocycles. The van der Waals surface area contributed by atoms with Crippen molar-refractivity contribution in [2.75, 3.05) is 30.5 Å². The van der Waals surface area contributed by atoms with Gasteiger partial charge in [0.1, 0.15) is 7.14 Å². The van der Waals surface area contributed by atoms with Crippen LogP contribution in [0.25, 0.3) is 0 Å². The molecule has 0 bridgehead atoms. The second kappa shape index (κ2) is 5.54. The molecule has 1 aromatic carbocycles. The van der Waals surface area contributed by atoms with E-state index in [1.54, 1.807) is 12.1 Å². The molecule has 0 saturated heterocycles. The number of carbonyl (C=O) groups excluding carboxylic acids is 1. The van der Waals surface area contributed by atoms with Crippen LogP contribution in [0.5, 0.6) is 5.75 Å². The summed E-state index contributed by atoms with van der Waals surface area (Å²) in [5.41, 5.74) is 0.388. The Morgan fingerprint density at radius 1 is 1.36 bits per heavy atom. The molecule has 1 aliphatic rings. The number of hydrogen-bond donors (Lipinski definition) is 2. The molecule has 0 radical (unpaired) electrons. The smallest absolute Gasteiger partial charge is 0.421 e. The van der Waals surface area contributed by atoms with E-state index >= 15 is 0 Å². The molecule has 1 amide bonds. The van der Waals surface area contributed by atoms with Crippen LogP contribution in [-0.4, -0.2) is 31.9 Å². The molecule has 0 unspecified atom stereocenters. The van der Waals surface area contributed by atoms with Crippen LogP contribution in [0.15, 0.2) is 12.1 Å². The summed E-state index contributed by atoms with van der Waals surface area (Å²) in [5, 5.41) is 5.44. The highest BCUT2D eigenvalue weighted by atomic mass is 31.2. The zero-order valence-electron chi connectivity index (χ0n) is 12.9. The Bertz CT molecular complexity index is 656. The topological polar surface area (TPSA) is 67.4 Å². The first-order chi connectivity index (χ1) is 10.0. The number of fused-ring (bicyclic) bond motifs is 1. The summed E-state index contributed by atoms with van der Waals surface area (Å²) in [6.45, 7) is 7.49. The SMILES string of the molecule is CC(C)CNc1ccc(P(C)(C)=O)c2c1OC(F)(F)C(=O)N2. The Morgan fingerprint density at radius 2 is 2.00 bits per heavy atom. The minimum absolute atomic E-state index is 0.0537. The minimum atomic E-state index is -3.95. The van der Waals surface area contributed by atoms with Crippen LogP contribution in [0.2, 0.25) is 0 Å². The quantitative estimate of drug-likeness (QED) is 0.832. The largest absolute Gasteiger partial charge is 0.482 e. The average molecular weight is 332 g/mol. The first-order valence-corrected chi connectivity index (χ1v) is 9.47. The molecule has 1 aromatic rings. The lowest BCUT2D eigenvalue weighted by Crippen LogP contribution is -2.45. The van der Waals surface area contributed by atoms with Crippen molar-refractivity contribution in [1.29, 1.82) is 0 Å². The van der Waals surface area contributed by atoms with Crippen LogP contribution >= 0.6 is 7.14 Å². The van der Waals surface area contributed by atoms with Gasteiger partial charge >= 0.3 is 12.0 Å². The Balaban J connectivity index is 2.55. The molecule has 122 valence electrons. The fraction of sp³-hybridized carbons (Fsp3) is 0.500. The summed E-state index contributed by atoms with van der Waals surface area (Å²) in [5.74, 6) is -1.44. The number of nitrogens with one attached hydrogen (secondary N) is 2. The van der Waals surface area contributed by atoms with Gasteiger partial charge in [-0.1, -0.05) is 13.8 Å². The third-order valence-electron chi connectivity index (χ3n) is 3.15. The first kappa shape index (κ1) is 16.7. The number of carbonyl (C=O) groups is 1. The molecular formula is C14H19F2N2O3P. The predicted molar refractivity (Wildman–Crippen MR) is 83.1 cm³/mol. The van der Waals surface area contributed by atoms with Crippen molar-refractivity contribution in [2.24, 2.45) is 5.92 Å². The van der Waals surface area contributed by atoms with Crippen LogP contribution in [0.3, 0.4) is 0 Å². The maximum atomic E-state index is 13.6. The lowest BCUT2D eigenvalue weighted by atomic mass is 10.2. The van der Waals surface area contributed by atoms with Gasteiger partial charge in [0, 0.05) is 11.8 Å². The summed E-state index contributed by atoms with van der Waals surface area (Å²) < 4.78 is 44.0. The highest BCUT2D eigenvalue weighted by Gasteiger charge is 2.48. The predicted octanol–water partition coefficient (Wildman–Crippen LogP) is 2.93. The molecule has 0 aliphatic carbocycles. The molecule has 2 rings (SSSR count). The van der Waals surface area contributed by atoms with Gasteiger partial charge in [-0.25, -0.2) is 0 Å². The van der Waals surface area contributed by atoms with Gasteiger partial charge in [0.2, 0.25) is 0 Å². The van der Waals surface area contributed by atoms with E-state index in [4.69, 9.17) is 0 Å². The van der Waals surface area contributed by atoms with Gasteiger partial charge in [0.05, 0.1) is 11.4 Å². The molecular weight excluding hydrogens is 313 g/mol. The molecule has 0 fully saturated rings. The van der Waals surface area contributed by atoms with Gasteiger partial charge in [0.25, 0.3) is 0 Å². The minimum Gasteiger partial charge on any atom is -0.421 e. The molecule has 0 aromatic heterocycles. The van der Waals surface area contributed by atoms with Crippen molar-refractivity contribution in [1.82, 2.24) is 0 Å². The second-order valence-electron chi connectivity index (χ2n) is 6.03. The Hall–Kier alpha value is -1.62. The number of amides is 1.